The van der Waals surface area contributed by atoms with Crippen molar-refractivity contribution in [3.63, 3.8) is 0 Å². The van der Waals surface area contributed by atoms with Crippen LogP contribution in [0.15, 0.2) is 18.3 Å². The number of carbonyl (C=O) groups is 2. The monoisotopic (exact) mass is 487 g/mol. The Kier molecular flexibility index (Phi) is 9.56. The molecular weight excluding hydrogens is 449 g/mol. The van der Waals surface area contributed by atoms with Gasteiger partial charge in [-0.2, -0.15) is 0 Å². The molecule has 0 unspecified atom stereocenters. The van der Waals surface area contributed by atoms with E-state index in [1.807, 2.05) is 47.6 Å². The molecule has 0 radical (unpaired) electrons. The summed E-state index contributed by atoms with van der Waals surface area (Å²) in [5.41, 5.74) is 7.26. The number of ether oxygens (including phenoxy) is 1. The van der Waals surface area contributed by atoms with Crippen molar-refractivity contribution in [1.82, 2.24) is 9.97 Å². The molecule has 0 aliphatic heterocycles. The molecule has 35 heavy (non-hydrogen) atoms. The molecule has 4 N–H and O–H groups in total. The van der Waals surface area contributed by atoms with Crippen LogP contribution in [0.4, 0.5) is 21.7 Å². The Hall–Kier alpha value is -3.23. The van der Waals surface area contributed by atoms with Gasteiger partial charge in [0.1, 0.15) is 11.4 Å². The highest BCUT2D eigenvalue weighted by molar-refractivity contribution is 5.98. The highest BCUT2D eigenvalue weighted by atomic mass is 19.1. The molecule has 1 amide bonds. The summed E-state index contributed by atoms with van der Waals surface area (Å²) < 4.78 is 20.5. The molecule has 2 atom stereocenters. The van der Waals surface area contributed by atoms with E-state index in [0.29, 0.717) is 12.1 Å². The van der Waals surface area contributed by atoms with Crippen molar-refractivity contribution >= 4 is 29.2 Å². The van der Waals surface area contributed by atoms with Gasteiger partial charge in [0.2, 0.25) is 0 Å². The molecule has 0 fully saturated rings. The average Bonchev–Trinajstić information content (AvgIpc) is 2.73. The summed E-state index contributed by atoms with van der Waals surface area (Å²) in [4.78, 5) is 33.1. The lowest BCUT2D eigenvalue weighted by molar-refractivity contribution is -0.155. The number of esters is 1. The number of primary amides is 1. The Balaban J connectivity index is 2.34. The van der Waals surface area contributed by atoms with E-state index in [4.69, 9.17) is 10.5 Å². The number of pyridine rings is 2. The number of nitrogens with two attached hydrogens (primary N) is 1. The minimum atomic E-state index is -0.803. The maximum Gasteiger partial charge on any atom is 0.306 e. The van der Waals surface area contributed by atoms with E-state index in [9.17, 15) is 9.59 Å². The van der Waals surface area contributed by atoms with Gasteiger partial charge in [-0.15, -0.1) is 0 Å². The molecule has 8 nitrogen and oxygen atoms in total. The number of unbranched alkanes of at least 4 members (excludes halogenated alkanes) is 1. The molecule has 0 aliphatic carbocycles. The van der Waals surface area contributed by atoms with Crippen molar-refractivity contribution in [3.8, 4) is 0 Å². The van der Waals surface area contributed by atoms with Crippen LogP contribution in [0.1, 0.15) is 81.9 Å². The van der Waals surface area contributed by atoms with Crippen molar-refractivity contribution < 1.29 is 18.7 Å². The van der Waals surface area contributed by atoms with E-state index < -0.39 is 17.3 Å². The van der Waals surface area contributed by atoms with Gasteiger partial charge in [-0.05, 0) is 64.7 Å². The van der Waals surface area contributed by atoms with Crippen molar-refractivity contribution in [3.05, 3.63) is 41.0 Å². The number of halogens is 1. The van der Waals surface area contributed by atoms with E-state index in [-0.39, 0.29) is 41.5 Å². The quantitative estimate of drug-likeness (QED) is 0.362. The van der Waals surface area contributed by atoms with Crippen LogP contribution in [0.5, 0.6) is 0 Å². The number of nitrogens with one attached hydrogen (secondary N) is 2. The minimum Gasteiger partial charge on any atom is -0.460 e. The van der Waals surface area contributed by atoms with Crippen molar-refractivity contribution in [2.45, 2.75) is 85.8 Å². The normalized spacial score (nSPS) is 13.1. The summed E-state index contributed by atoms with van der Waals surface area (Å²) in [6.07, 6.45) is 4.33. The van der Waals surface area contributed by atoms with Gasteiger partial charge in [0.15, 0.2) is 11.6 Å². The van der Waals surface area contributed by atoms with E-state index in [1.54, 1.807) is 6.20 Å². The number of hydrogen-bond donors (Lipinski definition) is 3. The third-order valence-corrected chi connectivity index (χ3v) is 5.63. The lowest BCUT2D eigenvalue weighted by atomic mass is 9.93. The highest BCUT2D eigenvalue weighted by Gasteiger charge is 2.25. The standard InChI is InChI=1S/C26H38FN5O3/c1-8-9-10-21(16(3)12-22(33)35-26(5,6)7)31-25-20(27)13-19(23(28)34)24(32-25)30-18-11-15(2)17(4)29-14-18/h11,13-14,16,21H,8-10,12H2,1-7H3,(H2,28,34)(H2,30,31,32)/t16-,21-/m1/s1. The Bertz CT molecular complexity index is 1050. The fourth-order valence-corrected chi connectivity index (χ4v) is 3.61. The smallest absolute Gasteiger partial charge is 0.306 e. The van der Waals surface area contributed by atoms with E-state index >= 15 is 4.39 Å². The number of aryl methyl sites for hydroxylation is 2. The first-order valence-corrected chi connectivity index (χ1v) is 12.0. The molecule has 9 heteroatoms. The maximum atomic E-state index is 15.0. The van der Waals surface area contributed by atoms with Gasteiger partial charge in [0.05, 0.1) is 23.9 Å². The summed E-state index contributed by atoms with van der Waals surface area (Å²) in [6.45, 7) is 13.3. The Morgan fingerprint density at radius 3 is 2.46 bits per heavy atom. The molecule has 2 aromatic heterocycles. The van der Waals surface area contributed by atoms with Gasteiger partial charge in [-0.1, -0.05) is 26.7 Å². The zero-order valence-electron chi connectivity index (χ0n) is 21.8. The van der Waals surface area contributed by atoms with Crippen molar-refractivity contribution in [1.29, 1.82) is 0 Å². The van der Waals surface area contributed by atoms with Crippen molar-refractivity contribution in [2.75, 3.05) is 10.6 Å². The van der Waals surface area contributed by atoms with Crippen LogP contribution in [-0.4, -0.2) is 33.5 Å². The Morgan fingerprint density at radius 1 is 1.20 bits per heavy atom. The molecule has 0 aliphatic rings. The van der Waals surface area contributed by atoms with Crippen molar-refractivity contribution in [2.24, 2.45) is 11.7 Å². The molecule has 192 valence electrons. The van der Waals surface area contributed by atoms with Gasteiger partial charge in [-0.25, -0.2) is 9.37 Å². The summed E-state index contributed by atoms with van der Waals surface area (Å²) in [5, 5.41) is 6.20. The third-order valence-electron chi connectivity index (χ3n) is 5.63. The average molecular weight is 488 g/mol. The van der Waals surface area contributed by atoms with Gasteiger partial charge in [0.25, 0.3) is 5.91 Å². The second-order valence-corrected chi connectivity index (χ2v) is 9.99. The van der Waals surface area contributed by atoms with E-state index in [2.05, 4.69) is 27.5 Å². The molecule has 0 spiro atoms. The molecule has 0 saturated heterocycles. The van der Waals surface area contributed by atoms with E-state index in [0.717, 1.165) is 30.2 Å². The number of hydrogen-bond acceptors (Lipinski definition) is 7. The molecule has 0 aromatic carbocycles. The van der Waals surface area contributed by atoms with Crippen LogP contribution in [0.25, 0.3) is 0 Å². The first kappa shape index (κ1) is 28.0. The van der Waals surface area contributed by atoms with Gasteiger partial charge < -0.3 is 21.1 Å². The van der Waals surface area contributed by atoms with Crippen LogP contribution >= 0.6 is 0 Å². The van der Waals surface area contributed by atoms with Gasteiger partial charge in [-0.3, -0.25) is 14.6 Å². The summed E-state index contributed by atoms with van der Waals surface area (Å²) in [5.74, 6) is -1.85. The van der Waals surface area contributed by atoms with E-state index in [1.165, 1.54) is 0 Å². The number of rotatable bonds is 11. The maximum absolute atomic E-state index is 15.0. The number of carbonyl (C=O) groups excluding carboxylic acids is 2. The lowest BCUT2D eigenvalue weighted by Crippen LogP contribution is -2.32. The first-order chi connectivity index (χ1) is 16.3. The predicted molar refractivity (Wildman–Crippen MR) is 136 cm³/mol. The minimum absolute atomic E-state index is 0.0218. The van der Waals surface area contributed by atoms with Gasteiger partial charge >= 0.3 is 5.97 Å². The summed E-state index contributed by atoms with van der Waals surface area (Å²) in [7, 11) is 0. The fourth-order valence-electron chi connectivity index (χ4n) is 3.61. The molecule has 2 aromatic rings. The zero-order chi connectivity index (χ0) is 26.3. The second-order valence-electron chi connectivity index (χ2n) is 9.99. The molecule has 2 heterocycles. The summed E-state index contributed by atoms with van der Waals surface area (Å²) in [6, 6.07) is 2.70. The lowest BCUT2D eigenvalue weighted by Gasteiger charge is -2.27. The third kappa shape index (κ3) is 8.49. The molecule has 2 rings (SSSR count). The SMILES string of the molecule is CCCC[C@@H](Nc1nc(Nc2cnc(C)c(C)c2)c(C(N)=O)cc1F)[C@H](C)CC(=O)OC(C)(C)C. The van der Waals surface area contributed by atoms with Crippen LogP contribution in [0.3, 0.4) is 0 Å². The predicted octanol–water partition coefficient (Wildman–Crippen LogP) is 5.41. The van der Waals surface area contributed by atoms with Gasteiger partial charge in [0, 0.05) is 11.7 Å². The zero-order valence-corrected chi connectivity index (χ0v) is 21.8. The highest BCUT2D eigenvalue weighted by Crippen LogP contribution is 2.27. The largest absolute Gasteiger partial charge is 0.460 e. The molecular formula is C26H38FN5O3. The fraction of sp³-hybridized carbons (Fsp3) is 0.538. The van der Waals surface area contributed by atoms with Crippen LogP contribution in [0.2, 0.25) is 0 Å². The topological polar surface area (TPSA) is 119 Å². The second kappa shape index (κ2) is 12.0. The number of amides is 1. The number of nitrogens with zero attached hydrogens (tertiary/aromatic N) is 2. The Morgan fingerprint density at radius 2 is 1.89 bits per heavy atom. The number of aromatic nitrogens is 2. The Labute approximate surface area is 207 Å². The molecule has 0 bridgehead atoms. The summed E-state index contributed by atoms with van der Waals surface area (Å²) >= 11 is 0. The molecule has 0 saturated carbocycles. The number of anilines is 3. The van der Waals surface area contributed by atoms with Crippen LogP contribution < -0.4 is 16.4 Å². The van der Waals surface area contributed by atoms with Crippen LogP contribution in [0, 0.1) is 25.6 Å². The van der Waals surface area contributed by atoms with Crippen LogP contribution in [-0.2, 0) is 9.53 Å². The first-order valence-electron chi connectivity index (χ1n) is 12.0.